The maximum Gasteiger partial charge on any atom is 0.416 e. The van der Waals surface area contributed by atoms with Gasteiger partial charge in [0.25, 0.3) is 0 Å². The standard InChI is InChI=1S/C17H16F3NO2/c1-11-4-3-5-13(8-11)21-16(22)9-12-6-7-14(23-2)10-15(12)17(18,19)20/h3-8,10H,9H2,1-2H3,(H,21,22). The molecule has 0 aromatic heterocycles. The van der Waals surface area contributed by atoms with Gasteiger partial charge >= 0.3 is 6.18 Å². The molecule has 0 radical (unpaired) electrons. The van der Waals surface area contributed by atoms with Gasteiger partial charge in [-0.1, -0.05) is 18.2 Å². The van der Waals surface area contributed by atoms with Crippen LogP contribution in [-0.2, 0) is 17.4 Å². The Labute approximate surface area is 132 Å². The molecular formula is C17H16F3NO2. The molecule has 0 saturated heterocycles. The van der Waals surface area contributed by atoms with E-state index in [4.69, 9.17) is 4.74 Å². The number of rotatable bonds is 4. The van der Waals surface area contributed by atoms with Crippen LogP contribution in [0.5, 0.6) is 5.75 Å². The van der Waals surface area contributed by atoms with Crippen molar-refractivity contribution in [1.82, 2.24) is 0 Å². The summed E-state index contributed by atoms with van der Waals surface area (Å²) in [5, 5.41) is 2.60. The van der Waals surface area contributed by atoms with Crippen LogP contribution in [0.4, 0.5) is 18.9 Å². The van der Waals surface area contributed by atoms with E-state index in [1.807, 2.05) is 13.0 Å². The number of carbonyl (C=O) groups excluding carboxylic acids is 1. The second-order valence-corrected chi connectivity index (χ2v) is 5.12. The van der Waals surface area contributed by atoms with Crippen LogP contribution < -0.4 is 10.1 Å². The van der Waals surface area contributed by atoms with E-state index in [1.165, 1.54) is 19.2 Å². The Morgan fingerprint density at radius 3 is 2.52 bits per heavy atom. The van der Waals surface area contributed by atoms with Gasteiger partial charge < -0.3 is 10.1 Å². The highest BCUT2D eigenvalue weighted by molar-refractivity contribution is 5.92. The van der Waals surface area contributed by atoms with E-state index < -0.39 is 17.6 Å². The van der Waals surface area contributed by atoms with Gasteiger partial charge in [-0.05, 0) is 42.3 Å². The minimum Gasteiger partial charge on any atom is -0.497 e. The van der Waals surface area contributed by atoms with E-state index in [1.54, 1.807) is 18.2 Å². The number of halogens is 3. The molecule has 0 heterocycles. The molecule has 1 N–H and O–H groups in total. The van der Waals surface area contributed by atoms with Crippen molar-refractivity contribution in [2.75, 3.05) is 12.4 Å². The molecule has 3 nitrogen and oxygen atoms in total. The smallest absolute Gasteiger partial charge is 0.416 e. The van der Waals surface area contributed by atoms with Crippen molar-refractivity contribution < 1.29 is 22.7 Å². The zero-order chi connectivity index (χ0) is 17.0. The summed E-state index contributed by atoms with van der Waals surface area (Å²) in [6.07, 6.45) is -4.92. The summed E-state index contributed by atoms with van der Waals surface area (Å²) in [6.45, 7) is 1.86. The van der Waals surface area contributed by atoms with Crippen molar-refractivity contribution in [3.05, 3.63) is 59.2 Å². The molecule has 122 valence electrons. The monoisotopic (exact) mass is 323 g/mol. The maximum absolute atomic E-state index is 13.1. The zero-order valence-corrected chi connectivity index (χ0v) is 12.7. The molecule has 0 aliphatic heterocycles. The average Bonchev–Trinajstić information content (AvgIpc) is 2.46. The largest absolute Gasteiger partial charge is 0.497 e. The van der Waals surface area contributed by atoms with Gasteiger partial charge in [0, 0.05) is 5.69 Å². The van der Waals surface area contributed by atoms with Crippen molar-refractivity contribution >= 4 is 11.6 Å². The summed E-state index contributed by atoms with van der Waals surface area (Å²) < 4.78 is 44.1. The molecule has 2 aromatic carbocycles. The van der Waals surface area contributed by atoms with Gasteiger partial charge in [-0.15, -0.1) is 0 Å². The second-order valence-electron chi connectivity index (χ2n) is 5.12. The summed E-state index contributed by atoms with van der Waals surface area (Å²) in [7, 11) is 1.29. The van der Waals surface area contributed by atoms with Crippen LogP contribution >= 0.6 is 0 Å². The summed E-state index contributed by atoms with van der Waals surface area (Å²) in [5.41, 5.74) is 0.542. The summed E-state index contributed by atoms with van der Waals surface area (Å²) >= 11 is 0. The van der Waals surface area contributed by atoms with E-state index in [0.29, 0.717) is 5.69 Å². The first-order chi connectivity index (χ1) is 10.8. The number of nitrogens with one attached hydrogen (secondary N) is 1. The van der Waals surface area contributed by atoms with Gasteiger partial charge in [-0.3, -0.25) is 4.79 Å². The number of ether oxygens (including phenoxy) is 1. The predicted octanol–water partition coefficient (Wildman–Crippen LogP) is 4.20. The van der Waals surface area contributed by atoms with Gasteiger partial charge in [0.1, 0.15) is 5.75 Å². The fourth-order valence-corrected chi connectivity index (χ4v) is 2.20. The first-order valence-corrected chi connectivity index (χ1v) is 6.90. The Morgan fingerprint density at radius 1 is 1.17 bits per heavy atom. The van der Waals surface area contributed by atoms with Crippen molar-refractivity contribution in [1.29, 1.82) is 0 Å². The van der Waals surface area contributed by atoms with E-state index in [0.717, 1.165) is 11.6 Å². The third-order valence-corrected chi connectivity index (χ3v) is 3.28. The molecule has 0 aliphatic rings. The number of carbonyl (C=O) groups is 1. The molecule has 0 atom stereocenters. The Hall–Kier alpha value is -2.50. The normalized spacial score (nSPS) is 11.2. The van der Waals surface area contributed by atoms with Crippen molar-refractivity contribution in [3.8, 4) is 5.75 Å². The Morgan fingerprint density at radius 2 is 1.91 bits per heavy atom. The summed E-state index contributed by atoms with van der Waals surface area (Å²) in [6, 6.07) is 10.6. The van der Waals surface area contributed by atoms with E-state index in [2.05, 4.69) is 5.32 Å². The number of anilines is 1. The maximum atomic E-state index is 13.1. The molecule has 0 fully saturated rings. The van der Waals surface area contributed by atoms with Crippen LogP contribution in [0, 0.1) is 6.92 Å². The van der Waals surface area contributed by atoms with Gasteiger partial charge in [-0.25, -0.2) is 0 Å². The molecule has 6 heteroatoms. The minimum atomic E-state index is -4.55. The average molecular weight is 323 g/mol. The molecule has 0 unspecified atom stereocenters. The van der Waals surface area contributed by atoms with E-state index >= 15 is 0 Å². The molecule has 0 aliphatic carbocycles. The summed E-state index contributed by atoms with van der Waals surface area (Å²) in [5.74, 6) is -0.411. The lowest BCUT2D eigenvalue weighted by Crippen LogP contribution is -2.18. The lowest BCUT2D eigenvalue weighted by atomic mass is 10.0. The third kappa shape index (κ3) is 4.48. The number of aryl methyl sites for hydroxylation is 1. The molecule has 0 bridgehead atoms. The van der Waals surface area contributed by atoms with Gasteiger partial charge in [0.2, 0.25) is 5.91 Å². The van der Waals surface area contributed by atoms with Crippen LogP contribution in [0.15, 0.2) is 42.5 Å². The molecule has 23 heavy (non-hydrogen) atoms. The van der Waals surface area contributed by atoms with Crippen LogP contribution in [-0.4, -0.2) is 13.0 Å². The fourth-order valence-electron chi connectivity index (χ4n) is 2.20. The lowest BCUT2D eigenvalue weighted by Gasteiger charge is -2.14. The van der Waals surface area contributed by atoms with Crippen LogP contribution in [0.3, 0.4) is 0 Å². The van der Waals surface area contributed by atoms with E-state index in [9.17, 15) is 18.0 Å². The molecule has 2 aromatic rings. The van der Waals surface area contributed by atoms with Crippen molar-refractivity contribution in [2.24, 2.45) is 0 Å². The number of methoxy groups -OCH3 is 1. The highest BCUT2D eigenvalue weighted by Crippen LogP contribution is 2.34. The minimum absolute atomic E-state index is 0.0940. The topological polar surface area (TPSA) is 38.3 Å². The number of amides is 1. The highest BCUT2D eigenvalue weighted by Gasteiger charge is 2.34. The Kier molecular flexibility index (Phi) is 4.93. The number of hydrogen-bond donors (Lipinski definition) is 1. The van der Waals surface area contributed by atoms with Crippen molar-refractivity contribution in [3.63, 3.8) is 0 Å². The van der Waals surface area contributed by atoms with Gasteiger partial charge in [-0.2, -0.15) is 13.2 Å². The second kappa shape index (κ2) is 6.73. The number of hydrogen-bond acceptors (Lipinski definition) is 2. The molecule has 2 rings (SSSR count). The van der Waals surface area contributed by atoms with Crippen LogP contribution in [0.25, 0.3) is 0 Å². The van der Waals surface area contributed by atoms with Gasteiger partial charge in [0.15, 0.2) is 0 Å². The first-order valence-electron chi connectivity index (χ1n) is 6.90. The Bertz CT molecular complexity index is 711. The van der Waals surface area contributed by atoms with Crippen LogP contribution in [0.1, 0.15) is 16.7 Å². The SMILES string of the molecule is COc1ccc(CC(=O)Nc2cccc(C)c2)c(C(F)(F)F)c1. The quantitative estimate of drug-likeness (QED) is 0.915. The lowest BCUT2D eigenvalue weighted by molar-refractivity contribution is -0.138. The third-order valence-electron chi connectivity index (χ3n) is 3.28. The van der Waals surface area contributed by atoms with Crippen molar-refractivity contribution in [2.45, 2.75) is 19.5 Å². The molecule has 0 saturated carbocycles. The van der Waals surface area contributed by atoms with E-state index in [-0.39, 0.29) is 17.7 Å². The number of alkyl halides is 3. The Balaban J connectivity index is 2.20. The highest BCUT2D eigenvalue weighted by atomic mass is 19.4. The number of benzene rings is 2. The summed E-state index contributed by atoms with van der Waals surface area (Å²) in [4.78, 5) is 12.0. The molecular weight excluding hydrogens is 307 g/mol. The van der Waals surface area contributed by atoms with Gasteiger partial charge in [0.05, 0.1) is 19.1 Å². The predicted molar refractivity (Wildman–Crippen MR) is 81.5 cm³/mol. The van der Waals surface area contributed by atoms with Crippen LogP contribution in [0.2, 0.25) is 0 Å². The first kappa shape index (κ1) is 16.9. The fraction of sp³-hybridized carbons (Fsp3) is 0.235. The molecule has 1 amide bonds. The molecule has 0 spiro atoms. The zero-order valence-electron chi connectivity index (χ0n) is 12.7.